The Morgan fingerprint density at radius 3 is 2.33 bits per heavy atom. The Labute approximate surface area is 193 Å². The summed E-state index contributed by atoms with van der Waals surface area (Å²) in [6, 6.07) is 22.7. The van der Waals surface area contributed by atoms with Crippen LogP contribution in [0.3, 0.4) is 0 Å². The lowest BCUT2D eigenvalue weighted by molar-refractivity contribution is -0.119. The van der Waals surface area contributed by atoms with Crippen molar-refractivity contribution in [3.63, 3.8) is 0 Å². The van der Waals surface area contributed by atoms with E-state index in [9.17, 15) is 14.4 Å². The van der Waals surface area contributed by atoms with Crippen LogP contribution in [0.25, 0.3) is 16.6 Å². The minimum atomic E-state index is -0.899. The molecule has 0 aliphatic rings. The number of carbonyl (C=O) groups is 2. The van der Waals surface area contributed by atoms with Gasteiger partial charge in [0, 0.05) is 12.2 Å². The van der Waals surface area contributed by atoms with E-state index in [4.69, 9.17) is 10.5 Å². The van der Waals surface area contributed by atoms with Crippen LogP contribution in [0.1, 0.15) is 6.42 Å². The zero-order valence-electron chi connectivity index (χ0n) is 17.4. The van der Waals surface area contributed by atoms with E-state index < -0.39 is 11.9 Å². The van der Waals surface area contributed by atoms with Crippen molar-refractivity contribution in [3.8, 4) is 17.2 Å². The number of ether oxygens (including phenoxy) is 1. The minimum absolute atomic E-state index is 0.0418. The van der Waals surface area contributed by atoms with E-state index in [-0.39, 0.29) is 12.0 Å². The van der Waals surface area contributed by atoms with Gasteiger partial charge in [0.1, 0.15) is 11.5 Å². The molecule has 0 radical (unpaired) electrons. The number of carbonyl (C=O) groups excluding carboxylic acids is 2. The number of benzene rings is 3. The first kappa shape index (κ1) is 22.1. The first-order valence-electron chi connectivity index (χ1n) is 10.1. The molecule has 33 heavy (non-hydrogen) atoms. The molecule has 1 heterocycles. The third-order valence-corrected chi connectivity index (χ3v) is 5.58. The van der Waals surface area contributed by atoms with Gasteiger partial charge in [-0.2, -0.15) is 0 Å². The topological polar surface area (TPSA) is 116 Å². The lowest BCUT2D eigenvalue weighted by atomic mass is 10.2. The molecule has 1 aromatic heterocycles. The van der Waals surface area contributed by atoms with Crippen LogP contribution >= 0.6 is 11.8 Å². The monoisotopic (exact) mass is 460 g/mol. The van der Waals surface area contributed by atoms with Gasteiger partial charge in [0.2, 0.25) is 5.91 Å². The average molecular weight is 461 g/mol. The van der Waals surface area contributed by atoms with Gasteiger partial charge in [-0.3, -0.25) is 19.5 Å². The Kier molecular flexibility index (Phi) is 6.70. The number of fused-ring (bicyclic) bond motifs is 1. The Balaban J connectivity index is 1.64. The molecule has 0 fully saturated rings. The lowest BCUT2D eigenvalue weighted by Gasteiger charge is -2.14. The highest BCUT2D eigenvalue weighted by atomic mass is 32.2. The molecule has 3 aromatic carbocycles. The number of imide groups is 1. The maximum absolute atomic E-state index is 13.3. The number of nitrogens with two attached hydrogens (primary N) is 1. The number of para-hydroxylation sites is 2. The predicted octanol–water partition coefficient (Wildman–Crippen LogP) is 3.86. The summed E-state index contributed by atoms with van der Waals surface area (Å²) < 4.78 is 7.34. The first-order valence-corrected chi connectivity index (χ1v) is 11.1. The first-order chi connectivity index (χ1) is 16.0. The van der Waals surface area contributed by atoms with Gasteiger partial charge in [0.05, 0.1) is 16.6 Å². The Hall–Kier alpha value is -4.11. The van der Waals surface area contributed by atoms with Crippen LogP contribution in [0.5, 0.6) is 11.5 Å². The smallest absolute Gasteiger partial charge is 0.318 e. The number of nitrogens with zero attached hydrogens (tertiary/aromatic N) is 2. The van der Waals surface area contributed by atoms with E-state index in [0.29, 0.717) is 39.0 Å². The molecule has 166 valence electrons. The highest BCUT2D eigenvalue weighted by Gasteiger charge is 2.14. The Morgan fingerprint density at radius 1 is 0.939 bits per heavy atom. The molecule has 0 spiro atoms. The third-order valence-electron chi connectivity index (χ3n) is 4.64. The summed E-state index contributed by atoms with van der Waals surface area (Å²) in [6.45, 7) is 0. The summed E-state index contributed by atoms with van der Waals surface area (Å²) in [7, 11) is 0. The van der Waals surface area contributed by atoms with Crippen LogP contribution in [-0.2, 0) is 4.79 Å². The normalized spacial score (nSPS) is 10.7. The van der Waals surface area contributed by atoms with Crippen molar-refractivity contribution in [3.05, 3.63) is 89.2 Å². The van der Waals surface area contributed by atoms with Crippen molar-refractivity contribution < 1.29 is 14.3 Å². The zero-order valence-corrected chi connectivity index (χ0v) is 18.2. The van der Waals surface area contributed by atoms with Crippen molar-refractivity contribution >= 4 is 34.6 Å². The number of rotatable bonds is 7. The molecule has 4 aromatic rings. The van der Waals surface area contributed by atoms with Crippen LogP contribution in [0.2, 0.25) is 0 Å². The average Bonchev–Trinajstić information content (AvgIpc) is 2.80. The second kappa shape index (κ2) is 10.0. The van der Waals surface area contributed by atoms with E-state index in [1.165, 1.54) is 16.3 Å². The van der Waals surface area contributed by atoms with Crippen molar-refractivity contribution in [2.45, 2.75) is 11.6 Å². The van der Waals surface area contributed by atoms with Crippen molar-refractivity contribution in [2.24, 2.45) is 5.73 Å². The van der Waals surface area contributed by atoms with Crippen LogP contribution in [0.15, 0.2) is 88.8 Å². The summed E-state index contributed by atoms with van der Waals surface area (Å²) in [5.41, 5.74) is 5.93. The molecular formula is C24H20N4O4S. The third kappa shape index (κ3) is 5.39. The number of primary amides is 1. The Bertz CT molecular complexity index is 1350. The second-order valence-electron chi connectivity index (χ2n) is 6.97. The van der Waals surface area contributed by atoms with Gasteiger partial charge < -0.3 is 10.5 Å². The van der Waals surface area contributed by atoms with Crippen LogP contribution in [0, 0.1) is 0 Å². The van der Waals surface area contributed by atoms with E-state index in [2.05, 4.69) is 4.98 Å². The molecular weight excluding hydrogens is 440 g/mol. The van der Waals surface area contributed by atoms with Crippen LogP contribution in [-0.4, -0.2) is 27.2 Å². The molecule has 3 N–H and O–H groups in total. The summed E-state index contributed by atoms with van der Waals surface area (Å²) in [4.78, 5) is 40.5. The molecule has 0 saturated heterocycles. The summed E-state index contributed by atoms with van der Waals surface area (Å²) >= 11 is 1.24. The van der Waals surface area contributed by atoms with Gasteiger partial charge in [-0.25, -0.2) is 9.78 Å². The molecule has 8 nitrogen and oxygen atoms in total. The van der Waals surface area contributed by atoms with Crippen LogP contribution in [0.4, 0.5) is 4.79 Å². The van der Waals surface area contributed by atoms with Gasteiger partial charge in [-0.05, 0) is 48.5 Å². The highest BCUT2D eigenvalue weighted by molar-refractivity contribution is 7.99. The largest absolute Gasteiger partial charge is 0.457 e. The quantitative estimate of drug-likeness (QED) is 0.320. The fourth-order valence-corrected chi connectivity index (χ4v) is 4.11. The number of nitrogens with one attached hydrogen (secondary N) is 1. The van der Waals surface area contributed by atoms with E-state index in [1.54, 1.807) is 42.5 Å². The summed E-state index contributed by atoms with van der Waals surface area (Å²) in [5, 5.41) is 2.94. The van der Waals surface area contributed by atoms with Crippen LogP contribution < -0.4 is 21.3 Å². The molecule has 0 bridgehead atoms. The number of aromatic nitrogens is 2. The van der Waals surface area contributed by atoms with Gasteiger partial charge in [0.25, 0.3) is 5.56 Å². The fraction of sp³-hybridized carbons (Fsp3) is 0.0833. The van der Waals surface area contributed by atoms with Gasteiger partial charge >= 0.3 is 6.03 Å². The standard InChI is InChI=1S/C24H20N4O4S/c25-23(31)27-21(29)14-15-33-24-26-20-9-5-4-8-19(20)22(30)28(24)16-10-12-18(13-11-16)32-17-6-2-1-3-7-17/h1-13H,14-15H2,(H3,25,27,29,31). The van der Waals surface area contributed by atoms with Gasteiger partial charge in [0.15, 0.2) is 5.16 Å². The number of hydrogen-bond acceptors (Lipinski definition) is 6. The zero-order chi connectivity index (χ0) is 23.2. The highest BCUT2D eigenvalue weighted by Crippen LogP contribution is 2.25. The van der Waals surface area contributed by atoms with Crippen molar-refractivity contribution in [2.75, 3.05) is 5.75 Å². The van der Waals surface area contributed by atoms with Crippen molar-refractivity contribution in [1.29, 1.82) is 0 Å². The summed E-state index contributed by atoms with van der Waals surface area (Å²) in [5.74, 6) is 1.15. The molecule has 0 aliphatic carbocycles. The van der Waals surface area contributed by atoms with Gasteiger partial charge in [-0.15, -0.1) is 0 Å². The molecule has 0 saturated carbocycles. The van der Waals surface area contributed by atoms with E-state index in [1.807, 2.05) is 41.7 Å². The minimum Gasteiger partial charge on any atom is -0.457 e. The molecule has 0 aliphatic heterocycles. The number of amides is 3. The summed E-state index contributed by atoms with van der Waals surface area (Å²) in [6.07, 6.45) is 0.0418. The number of urea groups is 1. The van der Waals surface area contributed by atoms with Crippen molar-refractivity contribution in [1.82, 2.24) is 14.9 Å². The van der Waals surface area contributed by atoms with E-state index in [0.717, 1.165) is 0 Å². The Morgan fingerprint density at radius 2 is 1.61 bits per heavy atom. The predicted molar refractivity (Wildman–Crippen MR) is 127 cm³/mol. The van der Waals surface area contributed by atoms with E-state index >= 15 is 0 Å². The number of hydrogen-bond donors (Lipinski definition) is 2. The molecule has 0 unspecified atom stereocenters. The molecule has 0 atom stereocenters. The molecule has 4 rings (SSSR count). The number of thioether (sulfide) groups is 1. The second-order valence-corrected chi connectivity index (χ2v) is 8.03. The SMILES string of the molecule is NC(=O)NC(=O)CCSc1nc2ccccc2c(=O)n1-c1ccc(Oc2ccccc2)cc1. The fourth-order valence-electron chi connectivity index (χ4n) is 3.16. The maximum Gasteiger partial charge on any atom is 0.318 e. The van der Waals surface area contributed by atoms with Gasteiger partial charge in [-0.1, -0.05) is 42.1 Å². The maximum atomic E-state index is 13.3. The lowest BCUT2D eigenvalue weighted by Crippen LogP contribution is -2.35. The molecule has 3 amide bonds. The molecule has 9 heteroatoms.